The molecular weight excluding hydrogens is 224 g/mol. The molecule has 1 aliphatic rings. The molecule has 3 nitrogen and oxygen atoms in total. The van der Waals surface area contributed by atoms with Crippen LogP contribution in [-0.2, 0) is 17.9 Å². The predicted octanol–water partition coefficient (Wildman–Crippen LogP) is 2.02. The first-order valence-electron chi connectivity index (χ1n) is 6.57. The van der Waals surface area contributed by atoms with Gasteiger partial charge in [-0.1, -0.05) is 31.2 Å². The van der Waals surface area contributed by atoms with Crippen molar-refractivity contribution in [1.29, 1.82) is 0 Å². The van der Waals surface area contributed by atoms with Crippen molar-refractivity contribution in [3.63, 3.8) is 0 Å². The number of carbonyl (C=O) groups excluding carboxylic acids is 1. The number of carbonyl (C=O) groups is 1. The van der Waals surface area contributed by atoms with Crippen molar-refractivity contribution >= 4 is 5.91 Å². The molecule has 1 aliphatic carbocycles. The molecule has 0 spiro atoms. The molecule has 18 heavy (non-hydrogen) atoms. The summed E-state index contributed by atoms with van der Waals surface area (Å²) in [5.74, 6) is 1.04. The summed E-state index contributed by atoms with van der Waals surface area (Å²) in [7, 11) is 4.11. The molecule has 0 saturated heterocycles. The van der Waals surface area contributed by atoms with Gasteiger partial charge in [-0.2, -0.15) is 0 Å². The molecule has 0 aromatic heterocycles. The molecule has 0 heterocycles. The van der Waals surface area contributed by atoms with Crippen molar-refractivity contribution in [2.45, 2.75) is 26.4 Å². The van der Waals surface area contributed by atoms with Crippen LogP contribution in [-0.4, -0.2) is 24.9 Å². The topological polar surface area (TPSA) is 32.3 Å². The molecule has 3 heteroatoms. The Bertz CT molecular complexity index is 428. The van der Waals surface area contributed by atoms with E-state index in [1.807, 2.05) is 12.1 Å². The van der Waals surface area contributed by atoms with Gasteiger partial charge in [-0.05, 0) is 37.6 Å². The fraction of sp³-hybridized carbons (Fsp3) is 0.533. The fourth-order valence-electron chi connectivity index (χ4n) is 2.23. The zero-order valence-corrected chi connectivity index (χ0v) is 11.4. The maximum Gasteiger partial charge on any atom is 0.223 e. The third-order valence-corrected chi connectivity index (χ3v) is 3.50. The zero-order valence-electron chi connectivity index (χ0n) is 11.4. The Morgan fingerprint density at radius 1 is 1.33 bits per heavy atom. The minimum atomic E-state index is 0.210. The quantitative estimate of drug-likeness (QED) is 0.862. The molecule has 1 fully saturated rings. The average Bonchev–Trinajstić information content (AvgIpc) is 3.04. The van der Waals surface area contributed by atoms with Gasteiger partial charge in [0, 0.05) is 19.0 Å². The fourth-order valence-corrected chi connectivity index (χ4v) is 2.23. The normalized spacial score (nSPS) is 22.0. The lowest BCUT2D eigenvalue weighted by Gasteiger charge is -2.14. The third kappa shape index (κ3) is 3.33. The summed E-state index contributed by atoms with van der Waals surface area (Å²) >= 11 is 0. The number of nitrogens with one attached hydrogen (secondary N) is 1. The van der Waals surface area contributed by atoms with Crippen LogP contribution >= 0.6 is 0 Å². The minimum Gasteiger partial charge on any atom is -0.352 e. The van der Waals surface area contributed by atoms with Crippen LogP contribution in [0.5, 0.6) is 0 Å². The summed E-state index contributed by atoms with van der Waals surface area (Å²) in [4.78, 5) is 13.9. The van der Waals surface area contributed by atoms with Crippen LogP contribution in [0.1, 0.15) is 24.5 Å². The first kappa shape index (κ1) is 13.1. The van der Waals surface area contributed by atoms with Crippen LogP contribution in [0.15, 0.2) is 24.3 Å². The second kappa shape index (κ2) is 5.53. The van der Waals surface area contributed by atoms with Gasteiger partial charge in [0.2, 0.25) is 5.91 Å². The number of hydrogen-bond acceptors (Lipinski definition) is 2. The smallest absolute Gasteiger partial charge is 0.223 e. The standard InChI is InChI=1S/C15H22N2O/c1-11-8-14(11)15(18)16-9-12-6-4-5-7-13(12)10-17(2)3/h4-7,11,14H,8-10H2,1-3H3,(H,16,18)/t11-,14+/m1/s1. The second-order valence-corrected chi connectivity index (χ2v) is 5.54. The molecule has 1 N–H and O–H groups in total. The van der Waals surface area contributed by atoms with Gasteiger partial charge in [0.05, 0.1) is 0 Å². The largest absolute Gasteiger partial charge is 0.352 e. The average molecular weight is 246 g/mol. The van der Waals surface area contributed by atoms with Gasteiger partial charge in [0.1, 0.15) is 0 Å². The second-order valence-electron chi connectivity index (χ2n) is 5.54. The Hall–Kier alpha value is -1.35. The van der Waals surface area contributed by atoms with Crippen molar-refractivity contribution in [2.75, 3.05) is 14.1 Å². The summed E-state index contributed by atoms with van der Waals surface area (Å²) in [6, 6.07) is 8.30. The van der Waals surface area contributed by atoms with Crippen molar-refractivity contribution < 1.29 is 4.79 Å². The van der Waals surface area contributed by atoms with Crippen LogP contribution < -0.4 is 5.32 Å². The number of hydrogen-bond donors (Lipinski definition) is 1. The summed E-state index contributed by atoms with van der Waals surface area (Å²) in [5, 5.41) is 3.05. The van der Waals surface area contributed by atoms with E-state index in [9.17, 15) is 4.79 Å². The minimum absolute atomic E-state index is 0.210. The number of amides is 1. The highest BCUT2D eigenvalue weighted by Crippen LogP contribution is 2.37. The first-order valence-corrected chi connectivity index (χ1v) is 6.57. The Morgan fingerprint density at radius 2 is 1.94 bits per heavy atom. The Kier molecular flexibility index (Phi) is 4.02. The van der Waals surface area contributed by atoms with Gasteiger partial charge in [-0.3, -0.25) is 4.79 Å². The summed E-state index contributed by atoms with van der Waals surface area (Å²) < 4.78 is 0. The number of nitrogens with zero attached hydrogens (tertiary/aromatic N) is 1. The van der Waals surface area contributed by atoms with Gasteiger partial charge in [-0.15, -0.1) is 0 Å². The molecular formula is C15H22N2O. The molecule has 2 atom stereocenters. The Balaban J connectivity index is 1.94. The predicted molar refractivity (Wildman–Crippen MR) is 73.0 cm³/mol. The zero-order chi connectivity index (χ0) is 13.1. The molecule has 0 radical (unpaired) electrons. The highest BCUT2D eigenvalue weighted by molar-refractivity contribution is 5.81. The van der Waals surface area contributed by atoms with Crippen LogP contribution in [0.2, 0.25) is 0 Å². The maximum absolute atomic E-state index is 11.8. The molecule has 1 saturated carbocycles. The lowest BCUT2D eigenvalue weighted by atomic mass is 10.1. The first-order chi connectivity index (χ1) is 8.58. The van der Waals surface area contributed by atoms with Crippen LogP contribution in [0.4, 0.5) is 0 Å². The van der Waals surface area contributed by atoms with E-state index in [0.29, 0.717) is 12.5 Å². The molecule has 1 aromatic rings. The summed E-state index contributed by atoms with van der Waals surface area (Å²) in [5.41, 5.74) is 2.50. The van der Waals surface area contributed by atoms with E-state index in [0.717, 1.165) is 13.0 Å². The number of benzene rings is 1. The maximum atomic E-state index is 11.8. The molecule has 0 aliphatic heterocycles. The van der Waals surface area contributed by atoms with E-state index in [1.54, 1.807) is 0 Å². The van der Waals surface area contributed by atoms with Crippen molar-refractivity contribution in [1.82, 2.24) is 10.2 Å². The van der Waals surface area contributed by atoms with Gasteiger partial charge < -0.3 is 10.2 Å². The molecule has 98 valence electrons. The van der Waals surface area contributed by atoms with Crippen LogP contribution in [0.3, 0.4) is 0 Å². The van der Waals surface area contributed by atoms with Gasteiger partial charge >= 0.3 is 0 Å². The molecule has 0 bridgehead atoms. The number of rotatable bonds is 5. The van der Waals surface area contributed by atoms with E-state index in [-0.39, 0.29) is 11.8 Å². The van der Waals surface area contributed by atoms with Gasteiger partial charge in [-0.25, -0.2) is 0 Å². The third-order valence-electron chi connectivity index (χ3n) is 3.50. The van der Waals surface area contributed by atoms with Gasteiger partial charge in [0.25, 0.3) is 0 Å². The van der Waals surface area contributed by atoms with E-state index in [4.69, 9.17) is 0 Å². The van der Waals surface area contributed by atoms with E-state index in [2.05, 4.69) is 43.4 Å². The Morgan fingerprint density at radius 3 is 2.50 bits per heavy atom. The highest BCUT2D eigenvalue weighted by Gasteiger charge is 2.38. The lowest BCUT2D eigenvalue weighted by Crippen LogP contribution is -2.25. The van der Waals surface area contributed by atoms with Crippen LogP contribution in [0.25, 0.3) is 0 Å². The molecule has 1 aromatic carbocycles. The molecule has 2 rings (SSSR count). The van der Waals surface area contributed by atoms with Crippen molar-refractivity contribution in [3.05, 3.63) is 35.4 Å². The molecule has 0 unspecified atom stereocenters. The SMILES string of the molecule is C[C@@H]1C[C@@H]1C(=O)NCc1ccccc1CN(C)C. The summed E-state index contributed by atoms with van der Waals surface area (Å²) in [6.07, 6.45) is 1.05. The van der Waals surface area contributed by atoms with E-state index in [1.165, 1.54) is 11.1 Å². The van der Waals surface area contributed by atoms with Crippen molar-refractivity contribution in [3.8, 4) is 0 Å². The van der Waals surface area contributed by atoms with Gasteiger partial charge in [0.15, 0.2) is 0 Å². The lowest BCUT2D eigenvalue weighted by molar-refractivity contribution is -0.122. The van der Waals surface area contributed by atoms with E-state index < -0.39 is 0 Å². The monoisotopic (exact) mass is 246 g/mol. The highest BCUT2D eigenvalue weighted by atomic mass is 16.2. The molecule has 1 amide bonds. The van der Waals surface area contributed by atoms with Crippen LogP contribution in [0, 0.1) is 11.8 Å². The summed E-state index contributed by atoms with van der Waals surface area (Å²) in [6.45, 7) is 3.68. The van der Waals surface area contributed by atoms with E-state index >= 15 is 0 Å². The van der Waals surface area contributed by atoms with Crippen molar-refractivity contribution in [2.24, 2.45) is 11.8 Å². The Labute approximate surface area is 109 Å².